The predicted octanol–water partition coefficient (Wildman–Crippen LogP) is 3.95. The van der Waals surface area contributed by atoms with Gasteiger partial charge in [0, 0.05) is 19.6 Å². The molecular formula is C23H32N2O4S. The van der Waals surface area contributed by atoms with Crippen molar-refractivity contribution in [1.82, 2.24) is 9.62 Å². The normalized spacial score (nSPS) is 12.3. The van der Waals surface area contributed by atoms with E-state index in [1.807, 2.05) is 38.1 Å². The molecule has 2 aromatic rings. The number of rotatable bonds is 7. The molecule has 1 N–H and O–H groups in total. The minimum Gasteiger partial charge on any atom is -0.496 e. The Kier molecular flexibility index (Phi) is 7.31. The van der Waals surface area contributed by atoms with E-state index in [-0.39, 0.29) is 34.4 Å². The van der Waals surface area contributed by atoms with Crippen LogP contribution in [0.25, 0.3) is 0 Å². The highest BCUT2D eigenvalue weighted by Crippen LogP contribution is 2.26. The first-order valence-electron chi connectivity index (χ1n) is 9.91. The van der Waals surface area contributed by atoms with Crippen molar-refractivity contribution >= 4 is 15.9 Å². The maximum absolute atomic E-state index is 13.1. The maximum atomic E-state index is 13.1. The summed E-state index contributed by atoms with van der Waals surface area (Å²) in [6, 6.07) is 12.2. The number of methoxy groups -OCH3 is 1. The van der Waals surface area contributed by atoms with E-state index in [4.69, 9.17) is 4.74 Å². The summed E-state index contributed by atoms with van der Waals surface area (Å²) in [5.74, 6) is -0.0492. The van der Waals surface area contributed by atoms with Gasteiger partial charge in [-0.25, -0.2) is 8.42 Å². The van der Waals surface area contributed by atoms with Gasteiger partial charge < -0.3 is 10.1 Å². The lowest BCUT2D eigenvalue weighted by atomic mass is 9.87. The number of hydrogen-bond acceptors (Lipinski definition) is 4. The van der Waals surface area contributed by atoms with Crippen molar-refractivity contribution in [2.75, 3.05) is 14.2 Å². The van der Waals surface area contributed by atoms with Gasteiger partial charge in [0.15, 0.2) is 0 Å². The molecule has 0 aliphatic rings. The molecule has 2 rings (SSSR count). The SMILES string of the molecule is COc1ccc(S(=O)(=O)N(C)Cc2ccc(C(C)(C)C)cc2)cc1C(=O)NC(C)C. The Labute approximate surface area is 180 Å². The lowest BCUT2D eigenvalue weighted by Crippen LogP contribution is -2.31. The van der Waals surface area contributed by atoms with Gasteiger partial charge in [-0.1, -0.05) is 45.0 Å². The zero-order valence-corrected chi connectivity index (χ0v) is 19.6. The number of nitrogens with one attached hydrogen (secondary N) is 1. The average Bonchev–Trinajstić information content (AvgIpc) is 2.66. The van der Waals surface area contributed by atoms with E-state index in [1.54, 1.807) is 0 Å². The number of sulfonamides is 1. The molecule has 164 valence electrons. The molecule has 0 atom stereocenters. The summed E-state index contributed by atoms with van der Waals surface area (Å²) in [6.45, 7) is 10.3. The van der Waals surface area contributed by atoms with Crippen LogP contribution in [0, 0.1) is 0 Å². The maximum Gasteiger partial charge on any atom is 0.255 e. The quantitative estimate of drug-likeness (QED) is 0.719. The van der Waals surface area contributed by atoms with Gasteiger partial charge in [0.2, 0.25) is 10.0 Å². The van der Waals surface area contributed by atoms with Crippen LogP contribution in [-0.4, -0.2) is 38.8 Å². The molecular weight excluding hydrogens is 400 g/mol. The first kappa shape index (κ1) is 23.9. The van der Waals surface area contributed by atoms with Gasteiger partial charge in [0.25, 0.3) is 5.91 Å². The van der Waals surface area contributed by atoms with Crippen LogP contribution in [0.3, 0.4) is 0 Å². The molecule has 0 saturated heterocycles. The Morgan fingerprint density at radius 2 is 1.70 bits per heavy atom. The van der Waals surface area contributed by atoms with Crippen molar-refractivity contribution in [2.24, 2.45) is 0 Å². The zero-order chi connectivity index (χ0) is 22.7. The minimum atomic E-state index is -3.79. The molecule has 0 radical (unpaired) electrons. The fraction of sp³-hybridized carbons (Fsp3) is 0.435. The first-order valence-corrected chi connectivity index (χ1v) is 11.3. The van der Waals surface area contributed by atoms with Crippen LogP contribution in [-0.2, 0) is 22.0 Å². The van der Waals surface area contributed by atoms with Crippen molar-refractivity contribution in [2.45, 2.75) is 57.5 Å². The monoisotopic (exact) mass is 432 g/mol. The van der Waals surface area contributed by atoms with Crippen LogP contribution in [0.4, 0.5) is 0 Å². The summed E-state index contributed by atoms with van der Waals surface area (Å²) in [7, 11) is -0.807. The highest BCUT2D eigenvalue weighted by Gasteiger charge is 2.24. The third kappa shape index (κ3) is 5.61. The van der Waals surface area contributed by atoms with Crippen LogP contribution >= 0.6 is 0 Å². The summed E-state index contributed by atoms with van der Waals surface area (Å²) in [5, 5.41) is 2.77. The minimum absolute atomic E-state index is 0.0343. The molecule has 2 aromatic carbocycles. The number of hydrogen-bond donors (Lipinski definition) is 1. The van der Waals surface area contributed by atoms with Gasteiger partial charge in [-0.05, 0) is 48.6 Å². The third-order valence-corrected chi connectivity index (χ3v) is 6.57. The second-order valence-corrected chi connectivity index (χ2v) is 10.7. The van der Waals surface area contributed by atoms with E-state index >= 15 is 0 Å². The summed E-state index contributed by atoms with van der Waals surface area (Å²) in [6.07, 6.45) is 0. The van der Waals surface area contributed by atoms with E-state index in [2.05, 4.69) is 26.1 Å². The Balaban J connectivity index is 2.30. The van der Waals surface area contributed by atoms with E-state index in [0.717, 1.165) is 5.56 Å². The molecule has 7 heteroatoms. The molecule has 0 aromatic heterocycles. The smallest absolute Gasteiger partial charge is 0.255 e. The number of carbonyl (C=O) groups is 1. The van der Waals surface area contributed by atoms with Crippen molar-refractivity contribution in [3.8, 4) is 5.75 Å². The summed E-state index contributed by atoms with van der Waals surface area (Å²) >= 11 is 0. The molecule has 0 spiro atoms. The molecule has 1 amide bonds. The van der Waals surface area contributed by atoms with Crippen LogP contribution < -0.4 is 10.1 Å². The number of benzene rings is 2. The standard InChI is InChI=1S/C23H32N2O4S/c1-16(2)24-22(26)20-14-19(12-13-21(20)29-7)30(27,28)25(6)15-17-8-10-18(11-9-17)23(3,4)5/h8-14,16H,15H2,1-7H3,(H,24,26). The molecule has 30 heavy (non-hydrogen) atoms. The highest BCUT2D eigenvalue weighted by atomic mass is 32.2. The van der Waals surface area contributed by atoms with Gasteiger partial charge in [-0.3, -0.25) is 4.79 Å². The number of ether oxygens (including phenoxy) is 1. The Morgan fingerprint density at radius 3 is 2.20 bits per heavy atom. The molecule has 0 bridgehead atoms. The van der Waals surface area contributed by atoms with E-state index < -0.39 is 10.0 Å². The highest BCUT2D eigenvalue weighted by molar-refractivity contribution is 7.89. The summed E-state index contributed by atoms with van der Waals surface area (Å²) in [5.41, 5.74) is 2.30. The van der Waals surface area contributed by atoms with Crippen LogP contribution in [0.5, 0.6) is 5.75 Å². The van der Waals surface area contributed by atoms with Gasteiger partial charge in [-0.15, -0.1) is 0 Å². The Hall–Kier alpha value is -2.38. The Morgan fingerprint density at radius 1 is 1.10 bits per heavy atom. The predicted molar refractivity (Wildman–Crippen MR) is 119 cm³/mol. The van der Waals surface area contributed by atoms with E-state index in [1.165, 1.54) is 42.2 Å². The molecule has 0 aliphatic carbocycles. The van der Waals surface area contributed by atoms with Crippen LogP contribution in [0.15, 0.2) is 47.4 Å². The summed E-state index contributed by atoms with van der Waals surface area (Å²) in [4.78, 5) is 12.5. The van der Waals surface area contributed by atoms with Crippen LogP contribution in [0.1, 0.15) is 56.1 Å². The molecule has 0 unspecified atom stereocenters. The fourth-order valence-corrected chi connectivity index (χ4v) is 4.18. The van der Waals surface area contributed by atoms with Gasteiger partial charge >= 0.3 is 0 Å². The topological polar surface area (TPSA) is 75.7 Å². The molecule has 6 nitrogen and oxygen atoms in total. The lowest BCUT2D eigenvalue weighted by molar-refractivity contribution is 0.0940. The molecule has 0 aliphatic heterocycles. The molecule has 0 fully saturated rings. The fourth-order valence-electron chi connectivity index (χ4n) is 3.00. The largest absolute Gasteiger partial charge is 0.496 e. The van der Waals surface area contributed by atoms with Crippen LogP contribution in [0.2, 0.25) is 0 Å². The average molecular weight is 433 g/mol. The second kappa shape index (κ2) is 9.18. The van der Waals surface area contributed by atoms with Crippen molar-refractivity contribution in [3.05, 3.63) is 59.2 Å². The number of nitrogens with zero attached hydrogens (tertiary/aromatic N) is 1. The lowest BCUT2D eigenvalue weighted by Gasteiger charge is -2.21. The van der Waals surface area contributed by atoms with Gasteiger partial charge in [0.05, 0.1) is 17.6 Å². The van der Waals surface area contributed by atoms with E-state index in [9.17, 15) is 13.2 Å². The summed E-state index contributed by atoms with van der Waals surface area (Å²) < 4.78 is 32.7. The van der Waals surface area contributed by atoms with Gasteiger partial charge in [-0.2, -0.15) is 4.31 Å². The van der Waals surface area contributed by atoms with Crippen molar-refractivity contribution in [3.63, 3.8) is 0 Å². The third-order valence-electron chi connectivity index (χ3n) is 4.77. The van der Waals surface area contributed by atoms with E-state index in [0.29, 0.717) is 5.75 Å². The first-order chi connectivity index (χ1) is 13.9. The van der Waals surface area contributed by atoms with Crippen molar-refractivity contribution in [1.29, 1.82) is 0 Å². The second-order valence-electron chi connectivity index (χ2n) is 8.70. The number of carbonyl (C=O) groups excluding carboxylic acids is 1. The van der Waals surface area contributed by atoms with Crippen molar-refractivity contribution < 1.29 is 17.9 Å². The number of amides is 1. The van der Waals surface area contributed by atoms with Gasteiger partial charge in [0.1, 0.15) is 5.75 Å². The molecule has 0 heterocycles. The zero-order valence-electron chi connectivity index (χ0n) is 18.8. The molecule has 0 saturated carbocycles. The Bertz CT molecular complexity index is 991.